The van der Waals surface area contributed by atoms with E-state index in [1.807, 2.05) is 13.0 Å². The number of esters is 1. The summed E-state index contributed by atoms with van der Waals surface area (Å²) in [6, 6.07) is 9.47. The van der Waals surface area contributed by atoms with E-state index in [1.54, 1.807) is 45.0 Å². The predicted molar refractivity (Wildman–Crippen MR) is 130 cm³/mol. The highest BCUT2D eigenvalue weighted by atomic mass is 32.5. The minimum atomic E-state index is -3.19. The molecule has 0 aliphatic carbocycles. The molecule has 3 rings (SSSR count). The molecule has 0 amide bonds. The zero-order chi connectivity index (χ0) is 24.9. The zero-order valence-electron chi connectivity index (χ0n) is 19.5. The molecule has 186 valence electrons. The van der Waals surface area contributed by atoms with E-state index in [4.69, 9.17) is 30.3 Å². The fourth-order valence-electron chi connectivity index (χ4n) is 3.51. The Bertz CT molecular complexity index is 1140. The van der Waals surface area contributed by atoms with Crippen molar-refractivity contribution in [3.63, 3.8) is 0 Å². The Hall–Kier alpha value is -2.30. The molecule has 2 aromatic rings. The van der Waals surface area contributed by atoms with Crippen molar-refractivity contribution in [1.82, 2.24) is 14.6 Å². The summed E-state index contributed by atoms with van der Waals surface area (Å²) < 4.78 is 24.7. The number of nitrogens with one attached hydrogen (secondary N) is 2. The normalized spacial score (nSPS) is 22.8. The predicted octanol–water partition coefficient (Wildman–Crippen LogP) is 2.71. The van der Waals surface area contributed by atoms with E-state index in [1.165, 1.54) is 16.8 Å². The summed E-state index contributed by atoms with van der Waals surface area (Å²) in [5.41, 5.74) is -1.01. The van der Waals surface area contributed by atoms with E-state index in [2.05, 4.69) is 10.1 Å². The van der Waals surface area contributed by atoms with Crippen LogP contribution in [-0.2, 0) is 30.6 Å². The summed E-state index contributed by atoms with van der Waals surface area (Å²) in [5.74, 6) is 0.0203. The van der Waals surface area contributed by atoms with Gasteiger partial charge in [-0.2, -0.15) is 0 Å². The van der Waals surface area contributed by atoms with Gasteiger partial charge < -0.3 is 18.5 Å². The van der Waals surface area contributed by atoms with Gasteiger partial charge in [-0.15, -0.1) is 0 Å². The molecule has 10 nitrogen and oxygen atoms in total. The lowest BCUT2D eigenvalue weighted by molar-refractivity contribution is -0.149. The number of carbonyl (C=O) groups is 1. The van der Waals surface area contributed by atoms with Crippen LogP contribution in [-0.4, -0.2) is 40.4 Å². The summed E-state index contributed by atoms with van der Waals surface area (Å²) in [5, 5.41) is 3.00. The SMILES string of the molecule is CC(C)OC(=O)[C@H](C)N[P@@](=S)(OC[C@@H]1C[C@H](C)[C@H](n2ccc(=O)[nH]c2=O)O1)Oc1ccccc1. The number of H-pyrrole nitrogens is 1. The third kappa shape index (κ3) is 7.10. The minimum absolute atomic E-state index is 0.0157. The molecule has 12 heteroatoms. The highest BCUT2D eigenvalue weighted by Crippen LogP contribution is 2.46. The molecule has 1 aliphatic rings. The molecule has 0 spiro atoms. The van der Waals surface area contributed by atoms with E-state index in [0.717, 1.165) is 0 Å². The van der Waals surface area contributed by atoms with Crippen LogP contribution in [0.2, 0.25) is 0 Å². The highest BCUT2D eigenvalue weighted by molar-refractivity contribution is 8.09. The Kier molecular flexibility index (Phi) is 8.83. The van der Waals surface area contributed by atoms with Crippen LogP contribution in [0.5, 0.6) is 5.75 Å². The summed E-state index contributed by atoms with van der Waals surface area (Å²) >= 11 is 5.71. The fraction of sp³-hybridized carbons (Fsp3) is 0.500. The Labute approximate surface area is 202 Å². The number of carbonyl (C=O) groups excluding carboxylic acids is 1. The van der Waals surface area contributed by atoms with Crippen LogP contribution in [0.15, 0.2) is 52.2 Å². The van der Waals surface area contributed by atoms with Crippen molar-refractivity contribution >= 4 is 24.4 Å². The lowest BCUT2D eigenvalue weighted by atomic mass is 10.1. The lowest BCUT2D eigenvalue weighted by Crippen LogP contribution is -2.36. The first-order valence-corrected chi connectivity index (χ1v) is 13.6. The number of aromatic nitrogens is 2. The van der Waals surface area contributed by atoms with Gasteiger partial charge in [0, 0.05) is 18.2 Å². The van der Waals surface area contributed by atoms with Crippen LogP contribution >= 0.6 is 6.64 Å². The van der Waals surface area contributed by atoms with Gasteiger partial charge in [-0.3, -0.25) is 19.1 Å². The van der Waals surface area contributed by atoms with Gasteiger partial charge in [0.25, 0.3) is 5.56 Å². The largest absolute Gasteiger partial charge is 0.462 e. The second-order valence-electron chi connectivity index (χ2n) is 8.41. The van der Waals surface area contributed by atoms with E-state index in [-0.39, 0.29) is 24.7 Å². The Morgan fingerprint density at radius 1 is 1.26 bits per heavy atom. The number of hydrogen-bond donors (Lipinski definition) is 2. The maximum atomic E-state index is 12.3. The number of aromatic amines is 1. The highest BCUT2D eigenvalue weighted by Gasteiger charge is 2.36. The second-order valence-corrected chi connectivity index (χ2v) is 11.5. The van der Waals surface area contributed by atoms with Crippen molar-refractivity contribution in [2.75, 3.05) is 6.61 Å². The molecule has 1 fully saturated rings. The first-order valence-electron chi connectivity index (χ1n) is 11.0. The molecule has 5 atom stereocenters. The van der Waals surface area contributed by atoms with Crippen LogP contribution in [0.1, 0.15) is 40.3 Å². The van der Waals surface area contributed by atoms with Crippen molar-refractivity contribution < 1.29 is 23.3 Å². The first-order chi connectivity index (χ1) is 16.1. The third-order valence-corrected chi connectivity index (χ3v) is 7.53. The van der Waals surface area contributed by atoms with Gasteiger partial charge in [-0.05, 0) is 51.1 Å². The zero-order valence-corrected chi connectivity index (χ0v) is 21.2. The number of rotatable bonds is 10. The van der Waals surface area contributed by atoms with Crippen molar-refractivity contribution in [3.05, 3.63) is 63.4 Å². The lowest BCUT2D eigenvalue weighted by Gasteiger charge is -2.27. The Balaban J connectivity index is 1.71. The molecule has 0 bridgehead atoms. The quantitative estimate of drug-likeness (QED) is 0.366. The molecule has 2 heterocycles. The van der Waals surface area contributed by atoms with Crippen LogP contribution in [0.25, 0.3) is 0 Å². The summed E-state index contributed by atoms with van der Waals surface area (Å²) in [6.45, 7) is 4.01. The summed E-state index contributed by atoms with van der Waals surface area (Å²) in [4.78, 5) is 38.1. The molecular formula is C22H30N3O7PS. The molecule has 1 aliphatic heterocycles. The van der Waals surface area contributed by atoms with Gasteiger partial charge in [0.15, 0.2) is 0 Å². The third-order valence-electron chi connectivity index (χ3n) is 5.04. The van der Waals surface area contributed by atoms with Gasteiger partial charge >= 0.3 is 18.3 Å². The van der Waals surface area contributed by atoms with Crippen molar-refractivity contribution in [3.8, 4) is 5.75 Å². The molecule has 1 saturated heterocycles. The first kappa shape index (κ1) is 26.3. The van der Waals surface area contributed by atoms with E-state index in [9.17, 15) is 14.4 Å². The number of benzene rings is 1. The molecule has 34 heavy (non-hydrogen) atoms. The van der Waals surface area contributed by atoms with Gasteiger partial charge in [0.1, 0.15) is 18.0 Å². The number of ether oxygens (including phenoxy) is 2. The summed E-state index contributed by atoms with van der Waals surface area (Å²) in [6.07, 6.45) is 0.811. The number of hydrogen-bond acceptors (Lipinski definition) is 8. The van der Waals surface area contributed by atoms with Crippen LogP contribution in [0, 0.1) is 5.92 Å². The minimum Gasteiger partial charge on any atom is -0.462 e. The average Bonchev–Trinajstić information content (AvgIpc) is 3.13. The molecular weight excluding hydrogens is 481 g/mol. The van der Waals surface area contributed by atoms with Gasteiger partial charge in [0.2, 0.25) is 0 Å². The van der Waals surface area contributed by atoms with Crippen molar-refractivity contribution in [2.45, 2.75) is 58.6 Å². The van der Waals surface area contributed by atoms with E-state index >= 15 is 0 Å². The number of nitrogens with zero attached hydrogens (tertiary/aromatic N) is 1. The van der Waals surface area contributed by atoms with Gasteiger partial charge in [0.05, 0.1) is 18.8 Å². The second kappa shape index (κ2) is 11.4. The van der Waals surface area contributed by atoms with Crippen LogP contribution in [0.4, 0.5) is 0 Å². The smallest absolute Gasteiger partial charge is 0.330 e. The molecule has 1 aromatic heterocycles. The standard InChI is InChI=1S/C22H30N3O7PS/c1-14(2)30-21(27)16(4)24-33(34,32-17-8-6-5-7-9-17)29-13-18-12-15(3)20(31-18)25-11-10-19(26)23-22(25)28/h5-11,14-16,18,20H,12-13H2,1-4H3,(H,24,34)(H,23,26,28)/t15-,16-,18-,20+,33+/m0/s1. The summed E-state index contributed by atoms with van der Waals surface area (Å²) in [7, 11) is 0. The van der Waals surface area contributed by atoms with E-state index in [0.29, 0.717) is 12.2 Å². The topological polar surface area (TPSA) is 121 Å². The van der Waals surface area contributed by atoms with Crippen LogP contribution in [0.3, 0.4) is 0 Å². The van der Waals surface area contributed by atoms with E-state index < -0.39 is 36.1 Å². The average molecular weight is 512 g/mol. The Morgan fingerprint density at radius 2 is 1.97 bits per heavy atom. The fourth-order valence-corrected chi connectivity index (χ4v) is 5.94. The maximum Gasteiger partial charge on any atom is 0.330 e. The molecule has 2 N–H and O–H groups in total. The van der Waals surface area contributed by atoms with Gasteiger partial charge in [-0.1, -0.05) is 25.1 Å². The molecule has 0 saturated carbocycles. The molecule has 0 radical (unpaired) electrons. The molecule has 0 unspecified atom stereocenters. The number of para-hydroxylation sites is 1. The van der Waals surface area contributed by atoms with Crippen molar-refractivity contribution in [1.29, 1.82) is 0 Å². The molecule has 1 aromatic carbocycles. The Morgan fingerprint density at radius 3 is 2.62 bits per heavy atom. The monoisotopic (exact) mass is 511 g/mol. The van der Waals surface area contributed by atoms with Crippen molar-refractivity contribution in [2.24, 2.45) is 5.92 Å². The van der Waals surface area contributed by atoms with Gasteiger partial charge in [-0.25, -0.2) is 9.88 Å². The maximum absolute atomic E-state index is 12.3. The van der Waals surface area contributed by atoms with Crippen LogP contribution < -0.4 is 20.9 Å².